The summed E-state index contributed by atoms with van der Waals surface area (Å²) in [7, 11) is 0. The zero-order valence-electron chi connectivity index (χ0n) is 16.6. The van der Waals surface area contributed by atoms with Crippen molar-refractivity contribution >= 4 is 36.4 Å². The Balaban J connectivity index is 1.61. The zero-order chi connectivity index (χ0) is 19.7. The van der Waals surface area contributed by atoms with Gasteiger partial charge in [-0.25, -0.2) is 0 Å². The summed E-state index contributed by atoms with van der Waals surface area (Å²) in [6, 6.07) is 9.40. The predicted octanol–water partition coefficient (Wildman–Crippen LogP) is 4.47. The van der Waals surface area contributed by atoms with Gasteiger partial charge in [0.2, 0.25) is 0 Å². The van der Waals surface area contributed by atoms with Crippen molar-refractivity contribution in [2.75, 3.05) is 6.61 Å². The summed E-state index contributed by atoms with van der Waals surface area (Å²) in [6.07, 6.45) is 6.31. The standard InChI is InChI=1S/C22H30O4Se/c1-4-22(2,3)21(24)25-14-10-6-5-7-11-15-27-19-16-20(23)26-18-13-9-8-12-17(18)19/h8-9,12-13,16H,4-7,10-11,14-15H2,1-3H3. The molecule has 2 rings (SSSR count). The van der Waals surface area contributed by atoms with Crippen LogP contribution in [0.25, 0.3) is 11.0 Å². The van der Waals surface area contributed by atoms with E-state index in [1.54, 1.807) is 6.07 Å². The summed E-state index contributed by atoms with van der Waals surface area (Å²) >= 11 is 0.289. The van der Waals surface area contributed by atoms with E-state index in [0.717, 1.165) is 47.3 Å². The summed E-state index contributed by atoms with van der Waals surface area (Å²) < 4.78 is 11.7. The Morgan fingerprint density at radius 1 is 1.11 bits per heavy atom. The number of esters is 1. The van der Waals surface area contributed by atoms with Crippen molar-refractivity contribution in [3.63, 3.8) is 0 Å². The fraction of sp³-hybridized carbons (Fsp3) is 0.545. The molecule has 0 bridgehead atoms. The molecule has 0 aliphatic carbocycles. The predicted molar refractivity (Wildman–Crippen MR) is 111 cm³/mol. The molecule has 5 heteroatoms. The first-order valence-electron chi connectivity index (χ1n) is 9.77. The van der Waals surface area contributed by atoms with Crippen molar-refractivity contribution in [3.05, 3.63) is 40.8 Å². The first-order valence-corrected chi connectivity index (χ1v) is 11.8. The van der Waals surface area contributed by atoms with Gasteiger partial charge in [-0.3, -0.25) is 0 Å². The van der Waals surface area contributed by atoms with Gasteiger partial charge >= 0.3 is 168 Å². The molecule has 0 amide bonds. The summed E-state index contributed by atoms with van der Waals surface area (Å²) in [6.45, 7) is 6.39. The number of benzene rings is 1. The molecule has 1 aromatic heterocycles. The average molecular weight is 437 g/mol. The van der Waals surface area contributed by atoms with Crippen LogP contribution in [0.2, 0.25) is 5.32 Å². The summed E-state index contributed by atoms with van der Waals surface area (Å²) in [4.78, 5) is 23.5. The van der Waals surface area contributed by atoms with Crippen molar-refractivity contribution in [1.82, 2.24) is 0 Å². The van der Waals surface area contributed by atoms with Crippen LogP contribution in [0.4, 0.5) is 0 Å². The van der Waals surface area contributed by atoms with Crippen LogP contribution in [0.5, 0.6) is 0 Å². The molecule has 0 radical (unpaired) electrons. The van der Waals surface area contributed by atoms with Crippen LogP contribution in [0.3, 0.4) is 0 Å². The first-order chi connectivity index (χ1) is 12.9. The van der Waals surface area contributed by atoms with Gasteiger partial charge in [0.1, 0.15) is 0 Å². The molecule has 0 saturated heterocycles. The average Bonchev–Trinajstić information content (AvgIpc) is 2.66. The van der Waals surface area contributed by atoms with Crippen LogP contribution in [-0.4, -0.2) is 27.5 Å². The van der Waals surface area contributed by atoms with Crippen molar-refractivity contribution in [2.45, 2.75) is 64.6 Å². The molecule has 148 valence electrons. The number of rotatable bonds is 11. The third-order valence-corrected chi connectivity index (χ3v) is 7.22. The van der Waals surface area contributed by atoms with Gasteiger partial charge in [-0.05, 0) is 0 Å². The van der Waals surface area contributed by atoms with Gasteiger partial charge in [0.25, 0.3) is 0 Å². The molecule has 1 heterocycles. The van der Waals surface area contributed by atoms with Crippen LogP contribution in [0.15, 0.2) is 39.5 Å². The molecule has 2 aromatic rings. The number of hydrogen-bond acceptors (Lipinski definition) is 4. The van der Waals surface area contributed by atoms with Gasteiger partial charge in [0, 0.05) is 0 Å². The van der Waals surface area contributed by atoms with Gasteiger partial charge in [-0.1, -0.05) is 0 Å². The van der Waals surface area contributed by atoms with E-state index in [-0.39, 0.29) is 32.0 Å². The van der Waals surface area contributed by atoms with Crippen molar-refractivity contribution in [1.29, 1.82) is 0 Å². The Kier molecular flexibility index (Phi) is 8.59. The van der Waals surface area contributed by atoms with E-state index < -0.39 is 0 Å². The Morgan fingerprint density at radius 2 is 1.81 bits per heavy atom. The summed E-state index contributed by atoms with van der Waals surface area (Å²) in [5.41, 5.74) is 0.0510. The van der Waals surface area contributed by atoms with E-state index in [9.17, 15) is 9.59 Å². The van der Waals surface area contributed by atoms with E-state index in [1.807, 2.05) is 45.0 Å². The molecule has 0 N–H and O–H groups in total. The van der Waals surface area contributed by atoms with Crippen LogP contribution in [-0.2, 0) is 9.53 Å². The number of fused-ring (bicyclic) bond motifs is 1. The van der Waals surface area contributed by atoms with Crippen molar-refractivity contribution in [2.24, 2.45) is 5.41 Å². The van der Waals surface area contributed by atoms with Crippen LogP contribution in [0.1, 0.15) is 59.3 Å². The third-order valence-electron chi connectivity index (χ3n) is 4.83. The monoisotopic (exact) mass is 438 g/mol. The molecule has 0 spiro atoms. The topological polar surface area (TPSA) is 56.5 Å². The van der Waals surface area contributed by atoms with Crippen LogP contribution < -0.4 is 10.1 Å². The third kappa shape index (κ3) is 6.82. The van der Waals surface area contributed by atoms with Gasteiger partial charge in [0.05, 0.1) is 0 Å². The van der Waals surface area contributed by atoms with Gasteiger partial charge in [0.15, 0.2) is 0 Å². The van der Waals surface area contributed by atoms with Crippen molar-refractivity contribution in [3.8, 4) is 0 Å². The molecular formula is C22H30O4Se. The number of carbonyl (C=O) groups excluding carboxylic acids is 1. The Hall–Kier alpha value is -1.58. The number of hydrogen-bond donors (Lipinski definition) is 0. The number of unbranched alkanes of at least 4 members (excludes halogenated alkanes) is 4. The summed E-state index contributed by atoms with van der Waals surface area (Å²) in [5, 5.41) is 2.19. The normalized spacial score (nSPS) is 11.7. The zero-order valence-corrected chi connectivity index (χ0v) is 18.3. The molecule has 0 aliphatic heterocycles. The Bertz CT molecular complexity index is 794. The maximum absolute atomic E-state index is 11.9. The minimum atomic E-state index is -0.374. The fourth-order valence-corrected chi connectivity index (χ4v) is 4.87. The van der Waals surface area contributed by atoms with E-state index in [2.05, 4.69) is 0 Å². The van der Waals surface area contributed by atoms with E-state index in [0.29, 0.717) is 12.2 Å². The molecule has 0 fully saturated rings. The molecule has 0 saturated carbocycles. The van der Waals surface area contributed by atoms with Crippen LogP contribution >= 0.6 is 0 Å². The molecule has 0 aliphatic rings. The Morgan fingerprint density at radius 3 is 2.59 bits per heavy atom. The SMILES string of the molecule is CCC(C)(C)C(=O)OCCCCCCC[Se]c1cc(=O)oc2ccccc12. The second-order valence-electron chi connectivity index (χ2n) is 7.42. The fourth-order valence-electron chi connectivity index (χ4n) is 2.62. The number of ether oxygens (including phenoxy) is 1. The molecule has 0 atom stereocenters. The van der Waals surface area contributed by atoms with E-state index in [1.165, 1.54) is 6.42 Å². The molecular weight excluding hydrogens is 407 g/mol. The van der Waals surface area contributed by atoms with E-state index in [4.69, 9.17) is 9.15 Å². The molecule has 4 nitrogen and oxygen atoms in total. The van der Waals surface area contributed by atoms with Gasteiger partial charge in [-0.2, -0.15) is 0 Å². The number of carbonyl (C=O) groups is 1. The van der Waals surface area contributed by atoms with E-state index >= 15 is 0 Å². The quantitative estimate of drug-likeness (QED) is 0.225. The molecule has 27 heavy (non-hydrogen) atoms. The second-order valence-corrected chi connectivity index (χ2v) is 9.80. The molecule has 0 unspecified atom stereocenters. The maximum atomic E-state index is 11.9. The van der Waals surface area contributed by atoms with Crippen molar-refractivity contribution < 1.29 is 13.9 Å². The Labute approximate surface area is 167 Å². The summed E-state index contributed by atoms with van der Waals surface area (Å²) in [5.74, 6) is -0.0905. The minimum absolute atomic E-state index is 0.0905. The van der Waals surface area contributed by atoms with Gasteiger partial charge < -0.3 is 0 Å². The first kappa shape index (κ1) is 21.7. The second kappa shape index (κ2) is 10.7. The van der Waals surface area contributed by atoms with Crippen LogP contribution in [0, 0.1) is 5.41 Å². The number of para-hydroxylation sites is 1. The molecule has 1 aromatic carbocycles. The van der Waals surface area contributed by atoms with Gasteiger partial charge in [-0.15, -0.1) is 0 Å².